The Balaban J connectivity index is 1.86. The van der Waals surface area contributed by atoms with E-state index in [1.54, 1.807) is 0 Å². The Morgan fingerprint density at radius 3 is 2.83 bits per heavy atom. The van der Waals surface area contributed by atoms with Crippen molar-refractivity contribution in [3.05, 3.63) is 34.1 Å². The Labute approximate surface area is 133 Å². The Bertz CT molecular complexity index is 582. The monoisotopic (exact) mass is 325 g/mol. The average molecular weight is 325 g/mol. The van der Waals surface area contributed by atoms with Gasteiger partial charge in [0.2, 0.25) is 5.82 Å². The Hall–Kier alpha value is -2.22. The van der Waals surface area contributed by atoms with Crippen molar-refractivity contribution in [2.24, 2.45) is 11.7 Å². The molecule has 1 amide bonds. The number of ether oxygens (including phenoxy) is 1. The molecule has 2 atom stereocenters. The number of benzene rings is 1. The van der Waals surface area contributed by atoms with Crippen LogP contribution in [0, 0.1) is 21.8 Å². The van der Waals surface area contributed by atoms with Crippen LogP contribution < -0.4 is 15.8 Å². The Morgan fingerprint density at radius 1 is 1.43 bits per heavy atom. The summed E-state index contributed by atoms with van der Waals surface area (Å²) in [6.45, 7) is 0.254. The molecule has 1 aromatic carbocycles. The van der Waals surface area contributed by atoms with Crippen molar-refractivity contribution in [3.8, 4) is 5.75 Å². The van der Waals surface area contributed by atoms with Crippen molar-refractivity contribution >= 4 is 11.6 Å². The summed E-state index contributed by atoms with van der Waals surface area (Å²) in [5, 5.41) is 13.4. The number of nitro benzene ring substituents is 1. The van der Waals surface area contributed by atoms with E-state index in [2.05, 4.69) is 5.32 Å². The zero-order valence-corrected chi connectivity index (χ0v) is 12.7. The van der Waals surface area contributed by atoms with Gasteiger partial charge < -0.3 is 15.8 Å². The van der Waals surface area contributed by atoms with Gasteiger partial charge in [0, 0.05) is 18.2 Å². The van der Waals surface area contributed by atoms with Gasteiger partial charge in [-0.05, 0) is 31.4 Å². The summed E-state index contributed by atoms with van der Waals surface area (Å²) in [5.41, 5.74) is 5.08. The number of halogens is 1. The van der Waals surface area contributed by atoms with Gasteiger partial charge >= 0.3 is 5.69 Å². The number of nitrogens with zero attached hydrogens (tertiary/aromatic N) is 1. The summed E-state index contributed by atoms with van der Waals surface area (Å²) in [5.74, 6) is -0.968. The topological polar surface area (TPSA) is 107 Å². The van der Waals surface area contributed by atoms with E-state index in [0.29, 0.717) is 6.54 Å². The van der Waals surface area contributed by atoms with Gasteiger partial charge in [-0.15, -0.1) is 0 Å². The van der Waals surface area contributed by atoms with Crippen molar-refractivity contribution in [3.63, 3.8) is 0 Å². The van der Waals surface area contributed by atoms with E-state index >= 15 is 0 Å². The largest absolute Gasteiger partial charge is 0.484 e. The number of amides is 1. The number of hydrogen-bond donors (Lipinski definition) is 2. The van der Waals surface area contributed by atoms with Gasteiger partial charge in [0.1, 0.15) is 5.75 Å². The minimum Gasteiger partial charge on any atom is -0.484 e. The predicted octanol–water partition coefficient (Wildman–Crippen LogP) is 1.75. The number of nitrogens with two attached hydrogens (primary N) is 1. The third-order valence-corrected chi connectivity index (χ3v) is 4.04. The summed E-state index contributed by atoms with van der Waals surface area (Å²) in [6, 6.07) is 3.21. The summed E-state index contributed by atoms with van der Waals surface area (Å²) >= 11 is 0. The molecular weight excluding hydrogens is 305 g/mol. The summed E-state index contributed by atoms with van der Waals surface area (Å²) in [7, 11) is 0. The first-order valence-electron chi connectivity index (χ1n) is 7.57. The van der Waals surface area contributed by atoms with Gasteiger partial charge in [0.25, 0.3) is 5.91 Å². The SMILES string of the molecule is NCC1CCCCC1NC(=O)COc1ccc([N+](=O)[O-])c(F)c1. The van der Waals surface area contributed by atoms with Crippen LogP contribution in [0.1, 0.15) is 25.7 Å². The molecule has 2 rings (SSSR count). The maximum atomic E-state index is 13.5. The number of rotatable bonds is 6. The van der Waals surface area contributed by atoms with Crippen LogP contribution in [-0.2, 0) is 4.79 Å². The molecule has 0 saturated heterocycles. The lowest BCUT2D eigenvalue weighted by molar-refractivity contribution is -0.387. The van der Waals surface area contributed by atoms with E-state index in [1.807, 2.05) is 0 Å². The normalized spacial score (nSPS) is 20.8. The lowest BCUT2D eigenvalue weighted by atomic mass is 9.84. The molecule has 8 heteroatoms. The maximum absolute atomic E-state index is 13.5. The molecule has 1 fully saturated rings. The fourth-order valence-electron chi connectivity index (χ4n) is 2.80. The van der Waals surface area contributed by atoms with Gasteiger partial charge in [0.15, 0.2) is 6.61 Å². The van der Waals surface area contributed by atoms with Gasteiger partial charge in [-0.25, -0.2) is 0 Å². The molecule has 23 heavy (non-hydrogen) atoms. The van der Waals surface area contributed by atoms with Crippen molar-refractivity contribution in [2.45, 2.75) is 31.7 Å². The molecule has 7 nitrogen and oxygen atoms in total. The van der Waals surface area contributed by atoms with Crippen LogP contribution in [0.4, 0.5) is 10.1 Å². The zero-order chi connectivity index (χ0) is 16.8. The van der Waals surface area contributed by atoms with Crippen molar-refractivity contribution in [1.82, 2.24) is 5.32 Å². The number of nitrogens with one attached hydrogen (secondary N) is 1. The molecule has 1 saturated carbocycles. The standard InChI is InChI=1S/C15H20FN3O4/c16-12-7-11(5-6-14(12)19(21)22)23-9-15(20)18-13-4-2-1-3-10(13)8-17/h5-7,10,13H,1-4,8-9,17H2,(H,18,20). The first-order valence-corrected chi connectivity index (χ1v) is 7.57. The van der Waals surface area contributed by atoms with Crippen LogP contribution in [0.3, 0.4) is 0 Å². The zero-order valence-electron chi connectivity index (χ0n) is 12.7. The minimum atomic E-state index is -0.997. The number of nitro groups is 1. The molecule has 0 bridgehead atoms. The van der Waals surface area contributed by atoms with Crippen molar-refractivity contribution < 1.29 is 18.8 Å². The molecule has 3 N–H and O–H groups in total. The first-order chi connectivity index (χ1) is 11.0. The summed E-state index contributed by atoms with van der Waals surface area (Å²) in [4.78, 5) is 21.6. The third-order valence-electron chi connectivity index (χ3n) is 4.04. The molecule has 0 radical (unpaired) electrons. The molecule has 0 heterocycles. The molecule has 2 unspecified atom stereocenters. The highest BCUT2D eigenvalue weighted by molar-refractivity contribution is 5.77. The van der Waals surface area contributed by atoms with E-state index in [-0.39, 0.29) is 30.2 Å². The van der Waals surface area contributed by atoms with Crippen LogP contribution in [0.25, 0.3) is 0 Å². The average Bonchev–Trinajstić information content (AvgIpc) is 2.53. The highest BCUT2D eigenvalue weighted by atomic mass is 19.1. The minimum absolute atomic E-state index is 0.0402. The van der Waals surface area contributed by atoms with Gasteiger partial charge in [-0.1, -0.05) is 12.8 Å². The van der Waals surface area contributed by atoms with E-state index in [1.165, 1.54) is 6.07 Å². The highest BCUT2D eigenvalue weighted by Crippen LogP contribution is 2.24. The highest BCUT2D eigenvalue weighted by Gasteiger charge is 2.25. The fourth-order valence-corrected chi connectivity index (χ4v) is 2.80. The Kier molecular flexibility index (Phi) is 5.86. The molecule has 126 valence electrons. The second-order valence-electron chi connectivity index (χ2n) is 5.61. The molecule has 0 aromatic heterocycles. The van der Waals surface area contributed by atoms with Crippen LogP contribution >= 0.6 is 0 Å². The molecule has 1 aliphatic rings. The molecule has 0 spiro atoms. The lowest BCUT2D eigenvalue weighted by Gasteiger charge is -2.31. The quantitative estimate of drug-likeness (QED) is 0.612. The van der Waals surface area contributed by atoms with Gasteiger partial charge in [-0.2, -0.15) is 4.39 Å². The number of carbonyl (C=O) groups excluding carboxylic acids is 1. The van der Waals surface area contributed by atoms with Crippen molar-refractivity contribution in [2.75, 3.05) is 13.2 Å². The predicted molar refractivity (Wildman–Crippen MR) is 81.5 cm³/mol. The molecule has 1 aliphatic carbocycles. The fraction of sp³-hybridized carbons (Fsp3) is 0.533. The number of carbonyl (C=O) groups is 1. The van der Waals surface area contributed by atoms with Crippen molar-refractivity contribution in [1.29, 1.82) is 0 Å². The van der Waals surface area contributed by atoms with Crippen LogP contribution in [0.2, 0.25) is 0 Å². The van der Waals surface area contributed by atoms with Crippen LogP contribution in [0.5, 0.6) is 5.75 Å². The number of hydrogen-bond acceptors (Lipinski definition) is 5. The third kappa shape index (κ3) is 4.62. The smallest absolute Gasteiger partial charge is 0.305 e. The van der Waals surface area contributed by atoms with E-state index < -0.39 is 16.4 Å². The van der Waals surface area contributed by atoms with E-state index in [9.17, 15) is 19.3 Å². The maximum Gasteiger partial charge on any atom is 0.305 e. The Morgan fingerprint density at radius 2 is 2.17 bits per heavy atom. The second kappa shape index (κ2) is 7.87. The second-order valence-corrected chi connectivity index (χ2v) is 5.61. The molecule has 1 aromatic rings. The van der Waals surface area contributed by atoms with E-state index in [0.717, 1.165) is 37.8 Å². The van der Waals surface area contributed by atoms with Gasteiger partial charge in [-0.3, -0.25) is 14.9 Å². The first kappa shape index (κ1) is 17.1. The van der Waals surface area contributed by atoms with Gasteiger partial charge in [0.05, 0.1) is 4.92 Å². The lowest BCUT2D eigenvalue weighted by Crippen LogP contribution is -2.46. The van der Waals surface area contributed by atoms with E-state index in [4.69, 9.17) is 10.5 Å². The van der Waals surface area contributed by atoms with Crippen LogP contribution in [0.15, 0.2) is 18.2 Å². The molecular formula is C15H20FN3O4. The van der Waals surface area contributed by atoms with Crippen LogP contribution in [-0.4, -0.2) is 30.0 Å². The summed E-state index contributed by atoms with van der Waals surface area (Å²) in [6.07, 6.45) is 4.05. The molecule has 0 aliphatic heterocycles. The summed E-state index contributed by atoms with van der Waals surface area (Å²) < 4.78 is 18.6.